The van der Waals surface area contributed by atoms with E-state index in [4.69, 9.17) is 9.84 Å². The Kier molecular flexibility index (Phi) is 5.60. The maximum atomic E-state index is 11.0. The molecule has 0 aliphatic carbocycles. The molecule has 0 saturated carbocycles. The SMILES string of the molecule is Cc1nn(Cc2ccc(C(C)Oc3ccccc3)cc2)c(C)c1CC(=O)O. The second kappa shape index (κ2) is 8.08. The smallest absolute Gasteiger partial charge is 0.307 e. The molecule has 27 heavy (non-hydrogen) atoms. The summed E-state index contributed by atoms with van der Waals surface area (Å²) in [6, 6.07) is 18.0. The van der Waals surface area contributed by atoms with Gasteiger partial charge in [-0.2, -0.15) is 5.10 Å². The van der Waals surface area contributed by atoms with E-state index in [1.165, 1.54) is 0 Å². The molecule has 0 saturated heterocycles. The van der Waals surface area contributed by atoms with E-state index < -0.39 is 5.97 Å². The standard InChI is InChI=1S/C22H24N2O3/c1-15-21(13-22(25)26)16(2)24(23-15)14-18-9-11-19(12-10-18)17(3)27-20-7-5-4-6-8-20/h4-12,17H,13-14H2,1-3H3,(H,25,26). The Morgan fingerprint density at radius 1 is 1.11 bits per heavy atom. The van der Waals surface area contributed by atoms with Crippen LogP contribution in [0, 0.1) is 13.8 Å². The van der Waals surface area contributed by atoms with Gasteiger partial charge in [0.1, 0.15) is 11.9 Å². The van der Waals surface area contributed by atoms with Crippen molar-refractivity contribution in [1.29, 1.82) is 0 Å². The van der Waals surface area contributed by atoms with Gasteiger partial charge in [0.15, 0.2) is 0 Å². The van der Waals surface area contributed by atoms with Crippen LogP contribution < -0.4 is 4.74 Å². The Labute approximate surface area is 159 Å². The first-order chi connectivity index (χ1) is 12.9. The van der Waals surface area contributed by atoms with Crippen molar-refractivity contribution in [3.8, 4) is 5.75 Å². The molecule has 0 aliphatic heterocycles. The van der Waals surface area contributed by atoms with Gasteiger partial charge in [0.05, 0.1) is 18.7 Å². The maximum Gasteiger partial charge on any atom is 0.307 e. The third-order valence-corrected chi connectivity index (χ3v) is 4.70. The lowest BCUT2D eigenvalue weighted by Crippen LogP contribution is -2.07. The van der Waals surface area contributed by atoms with Crippen molar-refractivity contribution in [3.63, 3.8) is 0 Å². The van der Waals surface area contributed by atoms with E-state index in [9.17, 15) is 4.79 Å². The molecule has 1 atom stereocenters. The van der Waals surface area contributed by atoms with Crippen LogP contribution in [-0.4, -0.2) is 20.9 Å². The maximum absolute atomic E-state index is 11.0. The molecule has 3 aromatic rings. The lowest BCUT2D eigenvalue weighted by Gasteiger charge is -2.15. The zero-order chi connectivity index (χ0) is 19.4. The first-order valence-electron chi connectivity index (χ1n) is 8.99. The molecule has 0 fully saturated rings. The van der Waals surface area contributed by atoms with Crippen molar-refractivity contribution >= 4 is 5.97 Å². The molecule has 1 heterocycles. The van der Waals surface area contributed by atoms with E-state index >= 15 is 0 Å². The van der Waals surface area contributed by atoms with E-state index in [1.54, 1.807) is 0 Å². The summed E-state index contributed by atoms with van der Waals surface area (Å²) >= 11 is 0. The molecule has 1 unspecified atom stereocenters. The molecule has 140 valence electrons. The van der Waals surface area contributed by atoms with E-state index in [2.05, 4.69) is 29.4 Å². The third kappa shape index (κ3) is 4.56. The summed E-state index contributed by atoms with van der Waals surface area (Å²) in [5, 5.41) is 13.6. The van der Waals surface area contributed by atoms with Gasteiger partial charge in [0.25, 0.3) is 0 Å². The number of carboxylic acids is 1. The van der Waals surface area contributed by atoms with Gasteiger partial charge in [-0.1, -0.05) is 42.5 Å². The normalized spacial score (nSPS) is 12.0. The van der Waals surface area contributed by atoms with Crippen molar-refractivity contribution in [1.82, 2.24) is 9.78 Å². The highest BCUT2D eigenvalue weighted by Gasteiger charge is 2.15. The Balaban J connectivity index is 1.70. The first kappa shape index (κ1) is 18.7. The topological polar surface area (TPSA) is 64.4 Å². The summed E-state index contributed by atoms with van der Waals surface area (Å²) in [5.74, 6) is 0.0141. The van der Waals surface area contributed by atoms with Crippen LogP contribution in [-0.2, 0) is 17.8 Å². The van der Waals surface area contributed by atoms with E-state index in [0.717, 1.165) is 33.8 Å². The van der Waals surface area contributed by atoms with Crippen LogP contribution in [0.5, 0.6) is 5.75 Å². The number of carbonyl (C=O) groups is 1. The molecule has 0 bridgehead atoms. The van der Waals surface area contributed by atoms with Crippen LogP contribution in [0.15, 0.2) is 54.6 Å². The second-order valence-electron chi connectivity index (χ2n) is 6.69. The van der Waals surface area contributed by atoms with Crippen molar-refractivity contribution in [2.75, 3.05) is 0 Å². The quantitative estimate of drug-likeness (QED) is 0.678. The number of rotatable bonds is 7. The van der Waals surface area contributed by atoms with Gasteiger partial charge < -0.3 is 9.84 Å². The summed E-state index contributed by atoms with van der Waals surface area (Å²) in [4.78, 5) is 11.0. The lowest BCUT2D eigenvalue weighted by molar-refractivity contribution is -0.136. The Morgan fingerprint density at radius 3 is 2.41 bits per heavy atom. The minimum absolute atomic E-state index is 0.00490. The van der Waals surface area contributed by atoms with Gasteiger partial charge in [0.2, 0.25) is 0 Å². The number of benzene rings is 2. The lowest BCUT2D eigenvalue weighted by atomic mass is 10.1. The van der Waals surface area contributed by atoms with Crippen LogP contribution >= 0.6 is 0 Å². The van der Waals surface area contributed by atoms with Crippen molar-refractivity contribution in [2.24, 2.45) is 0 Å². The number of aromatic nitrogens is 2. The third-order valence-electron chi connectivity index (χ3n) is 4.70. The van der Waals surface area contributed by atoms with E-state index in [1.807, 2.05) is 55.8 Å². The summed E-state index contributed by atoms with van der Waals surface area (Å²) in [6.07, 6.45) is -0.0393. The van der Waals surface area contributed by atoms with Gasteiger partial charge in [-0.05, 0) is 44.0 Å². The summed E-state index contributed by atoms with van der Waals surface area (Å²) in [6.45, 7) is 6.41. The fourth-order valence-corrected chi connectivity index (χ4v) is 3.13. The molecular formula is C22H24N2O3. The second-order valence-corrected chi connectivity index (χ2v) is 6.69. The molecular weight excluding hydrogens is 340 g/mol. The molecule has 3 rings (SSSR count). The molecule has 1 N–H and O–H groups in total. The summed E-state index contributed by atoms with van der Waals surface area (Å²) in [7, 11) is 0. The molecule has 1 aromatic heterocycles. The van der Waals surface area contributed by atoms with Gasteiger partial charge in [-0.25, -0.2) is 0 Å². The number of aliphatic carboxylic acids is 1. The van der Waals surface area contributed by atoms with Gasteiger partial charge in [0, 0.05) is 11.3 Å². The van der Waals surface area contributed by atoms with Gasteiger partial charge in [-0.3, -0.25) is 9.48 Å². The highest BCUT2D eigenvalue weighted by atomic mass is 16.5. The molecule has 0 amide bonds. The predicted molar refractivity (Wildman–Crippen MR) is 104 cm³/mol. The predicted octanol–water partition coefficient (Wildman–Crippen LogP) is 4.32. The first-order valence-corrected chi connectivity index (χ1v) is 8.99. The van der Waals surface area contributed by atoms with Gasteiger partial charge in [-0.15, -0.1) is 0 Å². The molecule has 5 nitrogen and oxygen atoms in total. The van der Waals surface area contributed by atoms with Crippen LogP contribution in [0.3, 0.4) is 0 Å². The van der Waals surface area contributed by atoms with Crippen molar-refractivity contribution < 1.29 is 14.6 Å². The number of nitrogens with zero attached hydrogens (tertiary/aromatic N) is 2. The fraction of sp³-hybridized carbons (Fsp3) is 0.273. The van der Waals surface area contributed by atoms with E-state index in [-0.39, 0.29) is 12.5 Å². The molecule has 2 aromatic carbocycles. The summed E-state index contributed by atoms with van der Waals surface area (Å²) in [5.41, 5.74) is 4.68. The Hall–Kier alpha value is -3.08. The van der Waals surface area contributed by atoms with E-state index in [0.29, 0.717) is 6.54 Å². The number of hydrogen-bond acceptors (Lipinski definition) is 3. The highest BCUT2D eigenvalue weighted by Crippen LogP contribution is 2.22. The zero-order valence-corrected chi connectivity index (χ0v) is 15.8. The number of carboxylic acid groups (broad SMARTS) is 1. The van der Waals surface area contributed by atoms with Crippen LogP contribution in [0.2, 0.25) is 0 Å². The highest BCUT2D eigenvalue weighted by molar-refractivity contribution is 5.70. The van der Waals surface area contributed by atoms with Crippen LogP contribution in [0.4, 0.5) is 0 Å². The zero-order valence-electron chi connectivity index (χ0n) is 15.8. The average Bonchev–Trinajstić information content (AvgIpc) is 2.90. The Bertz CT molecular complexity index is 915. The van der Waals surface area contributed by atoms with Crippen molar-refractivity contribution in [3.05, 3.63) is 82.7 Å². The van der Waals surface area contributed by atoms with Crippen molar-refractivity contribution in [2.45, 2.75) is 39.8 Å². The minimum Gasteiger partial charge on any atom is -0.486 e. The number of ether oxygens (including phenoxy) is 1. The number of aryl methyl sites for hydroxylation is 1. The molecule has 0 radical (unpaired) electrons. The van der Waals surface area contributed by atoms with Gasteiger partial charge >= 0.3 is 5.97 Å². The van der Waals surface area contributed by atoms with Crippen LogP contribution in [0.25, 0.3) is 0 Å². The Morgan fingerprint density at radius 2 is 1.78 bits per heavy atom. The molecule has 0 spiro atoms. The monoisotopic (exact) mass is 364 g/mol. The number of hydrogen-bond donors (Lipinski definition) is 1. The largest absolute Gasteiger partial charge is 0.486 e. The average molecular weight is 364 g/mol. The number of para-hydroxylation sites is 1. The minimum atomic E-state index is -0.836. The molecule has 5 heteroatoms. The molecule has 0 aliphatic rings. The fourth-order valence-electron chi connectivity index (χ4n) is 3.13. The van der Waals surface area contributed by atoms with Crippen LogP contribution in [0.1, 0.15) is 41.1 Å². The summed E-state index contributed by atoms with van der Waals surface area (Å²) < 4.78 is 7.83.